The predicted octanol–water partition coefficient (Wildman–Crippen LogP) is 2.44. The number of guanidine groups is 1. The van der Waals surface area contributed by atoms with Crippen molar-refractivity contribution >= 4 is 5.96 Å². The van der Waals surface area contributed by atoms with Crippen LogP contribution in [0.3, 0.4) is 0 Å². The Labute approximate surface area is 101 Å². The lowest BCUT2D eigenvalue weighted by molar-refractivity contribution is 0.294. The molecule has 0 bridgehead atoms. The second-order valence-electron chi connectivity index (χ2n) is 5.47. The summed E-state index contributed by atoms with van der Waals surface area (Å²) in [6.45, 7) is 3.31. The topological polar surface area (TPSA) is 18.8 Å². The van der Waals surface area contributed by atoms with Crippen LogP contribution in [0.15, 0.2) is 4.99 Å². The summed E-state index contributed by atoms with van der Waals surface area (Å²) in [6, 6.07) is 0. The first-order chi connectivity index (χ1) is 7.51. The molecule has 1 aliphatic carbocycles. The Bertz CT molecular complexity index is 228. The molecule has 3 nitrogen and oxygen atoms in total. The lowest BCUT2D eigenvalue weighted by atomic mass is 9.84. The van der Waals surface area contributed by atoms with Gasteiger partial charge in [-0.1, -0.05) is 19.8 Å². The molecule has 0 aliphatic heterocycles. The molecule has 0 amide bonds. The lowest BCUT2D eigenvalue weighted by Gasteiger charge is -2.28. The van der Waals surface area contributed by atoms with Crippen LogP contribution in [0.2, 0.25) is 0 Å². The van der Waals surface area contributed by atoms with Gasteiger partial charge in [0, 0.05) is 34.7 Å². The van der Waals surface area contributed by atoms with Crippen LogP contribution < -0.4 is 0 Å². The molecule has 1 rings (SSSR count). The molecule has 0 atom stereocenters. The summed E-state index contributed by atoms with van der Waals surface area (Å²) in [4.78, 5) is 9.01. The summed E-state index contributed by atoms with van der Waals surface area (Å²) < 4.78 is 0. The van der Waals surface area contributed by atoms with Gasteiger partial charge in [0.05, 0.1) is 0 Å². The van der Waals surface area contributed by atoms with Gasteiger partial charge in [-0.05, 0) is 24.7 Å². The highest BCUT2D eigenvalue weighted by Crippen LogP contribution is 2.41. The van der Waals surface area contributed by atoms with E-state index in [1.54, 1.807) is 0 Å². The Balaban J connectivity index is 2.67. The highest BCUT2D eigenvalue weighted by Gasteiger charge is 2.31. The Morgan fingerprint density at radius 2 is 1.56 bits per heavy atom. The van der Waals surface area contributed by atoms with Gasteiger partial charge in [0.25, 0.3) is 0 Å². The molecule has 1 saturated carbocycles. The number of aliphatic imine (C=N–C) groups is 1. The van der Waals surface area contributed by atoms with Crippen molar-refractivity contribution in [3.63, 3.8) is 0 Å². The number of nitrogens with zero attached hydrogens (tertiary/aromatic N) is 3. The molecular formula is C13H27N3. The van der Waals surface area contributed by atoms with Gasteiger partial charge in [0.2, 0.25) is 0 Å². The molecule has 0 radical (unpaired) electrons. The van der Waals surface area contributed by atoms with Crippen molar-refractivity contribution in [2.75, 3.05) is 34.7 Å². The summed E-state index contributed by atoms with van der Waals surface area (Å²) in [5.41, 5.74) is 0.497. The third-order valence-corrected chi connectivity index (χ3v) is 3.77. The van der Waals surface area contributed by atoms with Crippen molar-refractivity contribution in [2.24, 2.45) is 10.4 Å². The van der Waals surface area contributed by atoms with Crippen LogP contribution >= 0.6 is 0 Å². The molecule has 1 fully saturated rings. The molecule has 0 N–H and O–H groups in total. The Morgan fingerprint density at radius 3 is 1.94 bits per heavy atom. The summed E-state index contributed by atoms with van der Waals surface area (Å²) in [7, 11) is 8.25. The Hall–Kier alpha value is -0.730. The molecule has 16 heavy (non-hydrogen) atoms. The SMILES string of the molecule is CCC1(CN=C(N(C)C)N(C)C)CCCC1. The minimum absolute atomic E-state index is 0.497. The fourth-order valence-electron chi connectivity index (χ4n) is 2.67. The molecule has 3 heteroatoms. The Morgan fingerprint density at radius 1 is 1.06 bits per heavy atom. The summed E-state index contributed by atoms with van der Waals surface area (Å²) >= 11 is 0. The molecule has 94 valence electrons. The maximum Gasteiger partial charge on any atom is 0.195 e. The highest BCUT2D eigenvalue weighted by atomic mass is 15.3. The van der Waals surface area contributed by atoms with Crippen LogP contribution in [0.1, 0.15) is 39.0 Å². The minimum atomic E-state index is 0.497. The average molecular weight is 225 g/mol. The van der Waals surface area contributed by atoms with E-state index in [-0.39, 0.29) is 0 Å². The normalized spacial score (nSPS) is 18.3. The average Bonchev–Trinajstić information content (AvgIpc) is 2.66. The second-order valence-corrected chi connectivity index (χ2v) is 5.47. The van der Waals surface area contributed by atoms with E-state index in [9.17, 15) is 0 Å². The third-order valence-electron chi connectivity index (χ3n) is 3.77. The smallest absolute Gasteiger partial charge is 0.195 e. The van der Waals surface area contributed by atoms with Crippen LogP contribution in [0, 0.1) is 5.41 Å². The summed E-state index contributed by atoms with van der Waals surface area (Å²) in [5.74, 6) is 1.08. The lowest BCUT2D eigenvalue weighted by Crippen LogP contribution is -2.36. The zero-order valence-corrected chi connectivity index (χ0v) is 11.6. The van der Waals surface area contributed by atoms with E-state index >= 15 is 0 Å². The molecule has 0 heterocycles. The van der Waals surface area contributed by atoms with Gasteiger partial charge in [-0.3, -0.25) is 4.99 Å². The van der Waals surface area contributed by atoms with Gasteiger partial charge < -0.3 is 9.80 Å². The van der Waals surface area contributed by atoms with Crippen molar-refractivity contribution in [3.8, 4) is 0 Å². The van der Waals surface area contributed by atoms with Gasteiger partial charge in [0.1, 0.15) is 0 Å². The number of rotatable bonds is 3. The van der Waals surface area contributed by atoms with Crippen LogP contribution in [0.25, 0.3) is 0 Å². The molecule has 0 aromatic rings. The van der Waals surface area contributed by atoms with Crippen molar-refractivity contribution in [1.82, 2.24) is 9.80 Å². The van der Waals surface area contributed by atoms with E-state index < -0.39 is 0 Å². The van der Waals surface area contributed by atoms with Crippen LogP contribution in [-0.4, -0.2) is 50.5 Å². The third kappa shape index (κ3) is 3.13. The van der Waals surface area contributed by atoms with Gasteiger partial charge >= 0.3 is 0 Å². The van der Waals surface area contributed by atoms with Crippen LogP contribution in [0.4, 0.5) is 0 Å². The first-order valence-corrected chi connectivity index (χ1v) is 6.40. The first kappa shape index (κ1) is 13.3. The van der Waals surface area contributed by atoms with Gasteiger partial charge in [-0.25, -0.2) is 0 Å². The summed E-state index contributed by atoms with van der Waals surface area (Å²) in [6.07, 6.45) is 6.78. The maximum absolute atomic E-state index is 4.82. The van der Waals surface area contributed by atoms with Gasteiger partial charge in [-0.2, -0.15) is 0 Å². The second kappa shape index (κ2) is 5.55. The molecular weight excluding hydrogens is 198 g/mol. The fraction of sp³-hybridized carbons (Fsp3) is 0.923. The zero-order chi connectivity index (χ0) is 12.2. The molecule has 0 unspecified atom stereocenters. The molecule has 0 spiro atoms. The summed E-state index contributed by atoms with van der Waals surface area (Å²) in [5, 5.41) is 0. The van der Waals surface area contributed by atoms with E-state index in [0.29, 0.717) is 5.41 Å². The van der Waals surface area contributed by atoms with Crippen molar-refractivity contribution in [2.45, 2.75) is 39.0 Å². The zero-order valence-electron chi connectivity index (χ0n) is 11.6. The largest absolute Gasteiger partial charge is 0.349 e. The highest BCUT2D eigenvalue weighted by molar-refractivity contribution is 5.79. The van der Waals surface area contributed by atoms with Crippen molar-refractivity contribution < 1.29 is 0 Å². The van der Waals surface area contributed by atoms with Crippen molar-refractivity contribution in [1.29, 1.82) is 0 Å². The quantitative estimate of drug-likeness (QED) is 0.543. The molecule has 0 aromatic heterocycles. The van der Waals surface area contributed by atoms with Crippen molar-refractivity contribution in [3.05, 3.63) is 0 Å². The van der Waals surface area contributed by atoms with Crippen LogP contribution in [0.5, 0.6) is 0 Å². The van der Waals surface area contributed by atoms with E-state index in [1.165, 1.54) is 32.1 Å². The number of hydrogen-bond donors (Lipinski definition) is 0. The van der Waals surface area contributed by atoms with E-state index in [1.807, 2.05) is 0 Å². The molecule has 0 saturated heterocycles. The first-order valence-electron chi connectivity index (χ1n) is 6.40. The fourth-order valence-corrected chi connectivity index (χ4v) is 2.67. The minimum Gasteiger partial charge on any atom is -0.349 e. The maximum atomic E-state index is 4.82. The van der Waals surface area contributed by atoms with E-state index in [0.717, 1.165) is 12.5 Å². The van der Waals surface area contributed by atoms with Crippen LogP contribution in [-0.2, 0) is 0 Å². The standard InChI is InChI=1S/C13H27N3/c1-6-13(9-7-8-10-13)11-14-12(15(2)3)16(4)5/h6-11H2,1-5H3. The van der Waals surface area contributed by atoms with E-state index in [2.05, 4.69) is 44.9 Å². The van der Waals surface area contributed by atoms with Gasteiger partial charge in [0.15, 0.2) is 5.96 Å². The monoisotopic (exact) mass is 225 g/mol. The predicted molar refractivity (Wildman–Crippen MR) is 70.9 cm³/mol. The van der Waals surface area contributed by atoms with E-state index in [4.69, 9.17) is 4.99 Å². The molecule has 0 aromatic carbocycles. The van der Waals surface area contributed by atoms with Gasteiger partial charge in [-0.15, -0.1) is 0 Å². The number of hydrogen-bond acceptors (Lipinski definition) is 1. The molecule has 1 aliphatic rings. The Kier molecular flexibility index (Phi) is 4.63.